The summed E-state index contributed by atoms with van der Waals surface area (Å²) < 4.78 is 40.7. The number of alkyl halides is 3. The molecule has 1 nitrogen and oxygen atoms in total. The first-order chi connectivity index (χ1) is 10.9. The molecule has 1 N–H and O–H groups in total. The van der Waals surface area contributed by atoms with Gasteiger partial charge in [0.25, 0.3) is 0 Å². The van der Waals surface area contributed by atoms with Crippen LogP contribution in [0.3, 0.4) is 0 Å². The third-order valence-corrected chi connectivity index (χ3v) is 4.23. The van der Waals surface area contributed by atoms with Gasteiger partial charge in [-0.15, -0.1) is 0 Å². The van der Waals surface area contributed by atoms with Crippen molar-refractivity contribution >= 4 is 10.9 Å². The second kappa shape index (κ2) is 6.11. The van der Waals surface area contributed by atoms with Gasteiger partial charge in [0.15, 0.2) is 0 Å². The third-order valence-electron chi connectivity index (χ3n) is 4.23. The summed E-state index contributed by atoms with van der Waals surface area (Å²) in [5.74, 6) is -1.46. The second-order valence-electron chi connectivity index (χ2n) is 5.91. The molecule has 1 aromatic heterocycles. The van der Waals surface area contributed by atoms with Gasteiger partial charge in [-0.3, -0.25) is 0 Å². The molecule has 0 radical (unpaired) electrons. The number of halogens is 3. The molecular formula is C19H18F3N. The van der Waals surface area contributed by atoms with Gasteiger partial charge in [-0.25, -0.2) is 0 Å². The Morgan fingerprint density at radius 3 is 2.39 bits per heavy atom. The van der Waals surface area contributed by atoms with Crippen molar-refractivity contribution in [3.05, 3.63) is 71.4 Å². The molecule has 3 aromatic rings. The highest BCUT2D eigenvalue weighted by Crippen LogP contribution is 2.41. The SMILES string of the molecule is Cc1ccc(CC[C@H](c2c[nH]c3ccccc23)C(F)(F)F)cc1. The molecule has 0 spiro atoms. The Labute approximate surface area is 133 Å². The third kappa shape index (κ3) is 3.41. The van der Waals surface area contributed by atoms with Crippen molar-refractivity contribution in [3.8, 4) is 0 Å². The number of aromatic nitrogens is 1. The van der Waals surface area contributed by atoms with Crippen molar-refractivity contribution in [2.24, 2.45) is 0 Å². The number of para-hydroxylation sites is 1. The fraction of sp³-hybridized carbons (Fsp3) is 0.263. The van der Waals surface area contributed by atoms with E-state index in [2.05, 4.69) is 4.98 Å². The molecule has 3 rings (SSSR count). The van der Waals surface area contributed by atoms with Crippen molar-refractivity contribution in [2.75, 3.05) is 0 Å². The second-order valence-corrected chi connectivity index (χ2v) is 5.91. The molecule has 2 aromatic carbocycles. The molecule has 0 bridgehead atoms. The van der Waals surface area contributed by atoms with Crippen LogP contribution in [0.1, 0.15) is 29.0 Å². The maximum absolute atomic E-state index is 13.6. The standard InChI is InChI=1S/C19H18F3N/c1-13-6-8-14(9-7-13)10-11-17(19(20,21)22)16-12-23-18-5-3-2-4-15(16)18/h2-9,12,17,23H,10-11H2,1H3/t17-/m1/s1. The Kier molecular flexibility index (Phi) is 4.16. The molecule has 0 aliphatic carbocycles. The summed E-state index contributed by atoms with van der Waals surface area (Å²) in [7, 11) is 0. The maximum Gasteiger partial charge on any atom is 0.395 e. The van der Waals surface area contributed by atoms with E-state index in [4.69, 9.17) is 0 Å². The molecule has 1 atom stereocenters. The molecule has 0 aliphatic rings. The van der Waals surface area contributed by atoms with Crippen LogP contribution in [-0.4, -0.2) is 11.2 Å². The number of H-pyrrole nitrogens is 1. The smallest absolute Gasteiger partial charge is 0.361 e. The fourth-order valence-electron chi connectivity index (χ4n) is 2.94. The first-order valence-electron chi connectivity index (χ1n) is 7.63. The number of hydrogen-bond donors (Lipinski definition) is 1. The highest BCUT2D eigenvalue weighted by atomic mass is 19.4. The zero-order valence-corrected chi connectivity index (χ0v) is 12.8. The van der Waals surface area contributed by atoms with Crippen LogP contribution in [0.15, 0.2) is 54.7 Å². The van der Waals surface area contributed by atoms with E-state index in [0.29, 0.717) is 17.4 Å². The molecule has 0 saturated carbocycles. The number of nitrogens with one attached hydrogen (secondary N) is 1. The summed E-state index contributed by atoms with van der Waals surface area (Å²) in [5, 5.41) is 0.652. The topological polar surface area (TPSA) is 15.8 Å². The molecule has 0 amide bonds. The van der Waals surface area contributed by atoms with Crippen molar-refractivity contribution in [2.45, 2.75) is 31.9 Å². The van der Waals surface area contributed by atoms with Crippen LogP contribution >= 0.6 is 0 Å². The average Bonchev–Trinajstić information content (AvgIpc) is 2.92. The van der Waals surface area contributed by atoms with Crippen LogP contribution in [0.25, 0.3) is 10.9 Å². The van der Waals surface area contributed by atoms with Gasteiger partial charge in [0, 0.05) is 17.1 Å². The lowest BCUT2D eigenvalue weighted by Crippen LogP contribution is -2.21. The summed E-state index contributed by atoms with van der Waals surface area (Å²) in [6, 6.07) is 14.8. The highest BCUT2D eigenvalue weighted by molar-refractivity contribution is 5.83. The van der Waals surface area contributed by atoms with Crippen LogP contribution in [0.4, 0.5) is 13.2 Å². The fourth-order valence-corrected chi connectivity index (χ4v) is 2.94. The molecule has 4 heteroatoms. The van der Waals surface area contributed by atoms with Crippen LogP contribution in [0.5, 0.6) is 0 Å². The van der Waals surface area contributed by atoms with Gasteiger partial charge in [0.1, 0.15) is 0 Å². The van der Waals surface area contributed by atoms with Crippen molar-refractivity contribution in [1.82, 2.24) is 4.98 Å². The van der Waals surface area contributed by atoms with Gasteiger partial charge in [-0.2, -0.15) is 13.2 Å². The Balaban J connectivity index is 1.88. The summed E-state index contributed by atoms with van der Waals surface area (Å²) in [6.07, 6.45) is -2.30. The molecular weight excluding hydrogens is 299 g/mol. The Morgan fingerprint density at radius 2 is 1.70 bits per heavy atom. The lowest BCUT2D eigenvalue weighted by Gasteiger charge is -2.20. The monoisotopic (exact) mass is 317 g/mol. The number of fused-ring (bicyclic) bond motifs is 1. The molecule has 0 saturated heterocycles. The number of aryl methyl sites for hydroxylation is 2. The van der Waals surface area contributed by atoms with E-state index in [0.717, 1.165) is 16.6 Å². The highest BCUT2D eigenvalue weighted by Gasteiger charge is 2.41. The molecule has 1 heterocycles. The molecule has 23 heavy (non-hydrogen) atoms. The van der Waals surface area contributed by atoms with Gasteiger partial charge in [-0.05, 0) is 37.0 Å². The minimum Gasteiger partial charge on any atom is -0.361 e. The van der Waals surface area contributed by atoms with Crippen LogP contribution in [-0.2, 0) is 6.42 Å². The Bertz CT molecular complexity index is 784. The van der Waals surface area contributed by atoms with Gasteiger partial charge in [0.05, 0.1) is 5.92 Å². The predicted octanol–water partition coefficient (Wildman–Crippen LogP) is 5.76. The molecule has 0 fully saturated rings. The summed E-state index contributed by atoms with van der Waals surface area (Å²) in [6.45, 7) is 1.97. The first-order valence-corrected chi connectivity index (χ1v) is 7.63. The van der Waals surface area contributed by atoms with E-state index in [9.17, 15) is 13.2 Å². The van der Waals surface area contributed by atoms with Gasteiger partial charge < -0.3 is 4.98 Å². The van der Waals surface area contributed by atoms with Crippen LogP contribution in [0, 0.1) is 6.92 Å². The Morgan fingerprint density at radius 1 is 1.00 bits per heavy atom. The van der Waals surface area contributed by atoms with E-state index < -0.39 is 12.1 Å². The zero-order valence-electron chi connectivity index (χ0n) is 12.8. The minimum atomic E-state index is -4.25. The van der Waals surface area contributed by atoms with E-state index in [1.54, 1.807) is 18.2 Å². The van der Waals surface area contributed by atoms with Crippen LogP contribution in [0.2, 0.25) is 0 Å². The zero-order chi connectivity index (χ0) is 16.4. The minimum absolute atomic E-state index is 0.0500. The number of hydrogen-bond acceptors (Lipinski definition) is 0. The van der Waals surface area contributed by atoms with Gasteiger partial charge >= 0.3 is 6.18 Å². The lowest BCUT2D eigenvalue weighted by atomic mass is 9.91. The maximum atomic E-state index is 13.6. The number of rotatable bonds is 4. The largest absolute Gasteiger partial charge is 0.395 e. The van der Waals surface area contributed by atoms with Gasteiger partial charge in [0.2, 0.25) is 0 Å². The van der Waals surface area contributed by atoms with Gasteiger partial charge in [-0.1, -0.05) is 48.0 Å². The van der Waals surface area contributed by atoms with Crippen molar-refractivity contribution in [1.29, 1.82) is 0 Å². The number of aromatic amines is 1. The Hall–Kier alpha value is -2.23. The predicted molar refractivity (Wildman–Crippen MR) is 86.6 cm³/mol. The summed E-state index contributed by atoms with van der Waals surface area (Å²) in [4.78, 5) is 2.95. The van der Waals surface area contributed by atoms with Crippen molar-refractivity contribution in [3.63, 3.8) is 0 Å². The summed E-state index contributed by atoms with van der Waals surface area (Å²) >= 11 is 0. The molecule has 120 valence electrons. The van der Waals surface area contributed by atoms with Crippen LogP contribution < -0.4 is 0 Å². The van der Waals surface area contributed by atoms with E-state index in [1.165, 1.54) is 6.20 Å². The molecule has 0 unspecified atom stereocenters. The van der Waals surface area contributed by atoms with Crippen molar-refractivity contribution < 1.29 is 13.2 Å². The van der Waals surface area contributed by atoms with E-state index in [-0.39, 0.29) is 6.42 Å². The normalized spacial score (nSPS) is 13.4. The quantitative estimate of drug-likeness (QED) is 0.630. The van der Waals surface area contributed by atoms with E-state index >= 15 is 0 Å². The number of benzene rings is 2. The lowest BCUT2D eigenvalue weighted by molar-refractivity contribution is -0.151. The average molecular weight is 317 g/mol. The first kappa shape index (κ1) is 15.7. The van der Waals surface area contributed by atoms with E-state index in [1.807, 2.05) is 37.3 Å². The summed E-state index contributed by atoms with van der Waals surface area (Å²) in [5.41, 5.74) is 3.12. The molecule has 0 aliphatic heterocycles.